The van der Waals surface area contributed by atoms with E-state index in [9.17, 15) is 5.21 Å². The molecule has 0 spiro atoms. The molecule has 0 bridgehead atoms. The zero-order valence-electron chi connectivity index (χ0n) is 13.7. The molecule has 0 atom stereocenters. The van der Waals surface area contributed by atoms with Crippen LogP contribution < -0.4 is 0 Å². The summed E-state index contributed by atoms with van der Waals surface area (Å²) in [5, 5.41) is 10.9. The first kappa shape index (κ1) is 17.7. The molecule has 118 valence electrons. The SMILES string of the molecule is CCCCCCC(CCCCCC)C1=CCN(O)CC1. The summed E-state index contributed by atoms with van der Waals surface area (Å²) in [6.07, 6.45) is 17.0. The van der Waals surface area contributed by atoms with E-state index >= 15 is 0 Å². The highest BCUT2D eigenvalue weighted by molar-refractivity contribution is 5.10. The molecule has 0 aromatic carbocycles. The third kappa shape index (κ3) is 7.44. The lowest BCUT2D eigenvalue weighted by Crippen LogP contribution is -2.26. The fraction of sp³-hybridized carbons (Fsp3) is 0.889. The second-order valence-corrected chi connectivity index (χ2v) is 6.34. The van der Waals surface area contributed by atoms with E-state index in [1.807, 2.05) is 0 Å². The maximum absolute atomic E-state index is 9.49. The van der Waals surface area contributed by atoms with E-state index in [0.717, 1.165) is 25.4 Å². The minimum Gasteiger partial charge on any atom is -0.314 e. The standard InChI is InChI=1S/C18H35NO/c1-3-5-7-9-11-17(12-10-8-6-4-2)18-13-15-19(20)16-14-18/h13,17,20H,3-12,14-16H2,1-2H3. The molecular weight excluding hydrogens is 246 g/mol. The van der Waals surface area contributed by atoms with Gasteiger partial charge >= 0.3 is 0 Å². The second kappa shape index (κ2) is 11.3. The van der Waals surface area contributed by atoms with Crippen molar-refractivity contribution in [2.24, 2.45) is 5.92 Å². The first-order valence-corrected chi connectivity index (χ1v) is 8.90. The van der Waals surface area contributed by atoms with Gasteiger partial charge < -0.3 is 5.21 Å². The molecule has 0 aliphatic carbocycles. The molecule has 0 fully saturated rings. The summed E-state index contributed by atoms with van der Waals surface area (Å²) < 4.78 is 0. The van der Waals surface area contributed by atoms with E-state index in [4.69, 9.17) is 0 Å². The average Bonchev–Trinajstić information content (AvgIpc) is 2.47. The first-order valence-electron chi connectivity index (χ1n) is 8.90. The Morgan fingerprint density at radius 1 is 1.00 bits per heavy atom. The second-order valence-electron chi connectivity index (χ2n) is 6.34. The van der Waals surface area contributed by atoms with Crippen molar-refractivity contribution in [1.82, 2.24) is 5.06 Å². The van der Waals surface area contributed by atoms with Crippen LogP contribution in [0, 0.1) is 5.92 Å². The fourth-order valence-electron chi connectivity index (χ4n) is 3.20. The highest BCUT2D eigenvalue weighted by atomic mass is 16.5. The van der Waals surface area contributed by atoms with Crippen LogP contribution in [0.5, 0.6) is 0 Å². The Morgan fingerprint density at radius 2 is 1.60 bits per heavy atom. The largest absolute Gasteiger partial charge is 0.314 e. The lowest BCUT2D eigenvalue weighted by atomic mass is 9.85. The van der Waals surface area contributed by atoms with Crippen molar-refractivity contribution in [2.45, 2.75) is 84.5 Å². The highest BCUT2D eigenvalue weighted by Crippen LogP contribution is 2.29. The van der Waals surface area contributed by atoms with Gasteiger partial charge in [0.15, 0.2) is 0 Å². The van der Waals surface area contributed by atoms with Gasteiger partial charge in [-0.15, -0.1) is 0 Å². The molecule has 0 aromatic rings. The number of hydroxylamine groups is 2. The summed E-state index contributed by atoms with van der Waals surface area (Å²) in [7, 11) is 0. The van der Waals surface area contributed by atoms with Gasteiger partial charge in [-0.1, -0.05) is 76.9 Å². The molecule has 20 heavy (non-hydrogen) atoms. The van der Waals surface area contributed by atoms with Gasteiger partial charge in [0.2, 0.25) is 0 Å². The van der Waals surface area contributed by atoms with Crippen molar-refractivity contribution in [3.63, 3.8) is 0 Å². The molecule has 0 saturated heterocycles. The lowest BCUT2D eigenvalue weighted by molar-refractivity contribution is -0.0835. The third-order valence-electron chi connectivity index (χ3n) is 4.56. The van der Waals surface area contributed by atoms with E-state index in [1.165, 1.54) is 69.3 Å². The molecular formula is C18H35NO. The van der Waals surface area contributed by atoms with Gasteiger partial charge in [0.05, 0.1) is 0 Å². The summed E-state index contributed by atoms with van der Waals surface area (Å²) in [6.45, 7) is 6.12. The lowest BCUT2D eigenvalue weighted by Gasteiger charge is -2.27. The molecule has 0 radical (unpaired) electrons. The Morgan fingerprint density at radius 3 is 2.05 bits per heavy atom. The van der Waals surface area contributed by atoms with Crippen molar-refractivity contribution >= 4 is 0 Å². The number of unbranched alkanes of at least 4 members (excludes halogenated alkanes) is 6. The molecule has 2 heteroatoms. The number of hydrogen-bond acceptors (Lipinski definition) is 2. The van der Waals surface area contributed by atoms with Crippen molar-refractivity contribution < 1.29 is 5.21 Å². The van der Waals surface area contributed by atoms with Crippen molar-refractivity contribution in [2.75, 3.05) is 13.1 Å². The third-order valence-corrected chi connectivity index (χ3v) is 4.56. The van der Waals surface area contributed by atoms with E-state index < -0.39 is 0 Å². The molecule has 0 amide bonds. The quantitative estimate of drug-likeness (QED) is 0.395. The van der Waals surface area contributed by atoms with Crippen LogP contribution in [-0.2, 0) is 0 Å². The van der Waals surface area contributed by atoms with Gasteiger partial charge in [-0.05, 0) is 25.2 Å². The van der Waals surface area contributed by atoms with Crippen LogP contribution in [0.1, 0.15) is 84.5 Å². The van der Waals surface area contributed by atoms with Crippen LogP contribution in [0.2, 0.25) is 0 Å². The summed E-state index contributed by atoms with van der Waals surface area (Å²) in [4.78, 5) is 0. The molecule has 1 N–H and O–H groups in total. The molecule has 1 rings (SSSR count). The minimum absolute atomic E-state index is 0.732. The monoisotopic (exact) mass is 281 g/mol. The maximum Gasteiger partial charge on any atom is 0.0421 e. The number of rotatable bonds is 11. The van der Waals surface area contributed by atoms with Crippen molar-refractivity contribution in [1.29, 1.82) is 0 Å². The Balaban J connectivity index is 2.37. The Bertz CT molecular complexity index is 250. The predicted octanol–water partition coefficient (Wildman–Crippen LogP) is 5.56. The van der Waals surface area contributed by atoms with E-state index in [1.54, 1.807) is 5.57 Å². The summed E-state index contributed by atoms with van der Waals surface area (Å²) in [5.74, 6) is 0.789. The number of nitrogens with zero attached hydrogens (tertiary/aromatic N) is 1. The fourth-order valence-corrected chi connectivity index (χ4v) is 3.20. The van der Waals surface area contributed by atoms with Gasteiger partial charge in [0, 0.05) is 13.1 Å². The molecule has 1 heterocycles. The van der Waals surface area contributed by atoms with Crippen molar-refractivity contribution in [3.8, 4) is 0 Å². The van der Waals surface area contributed by atoms with E-state index in [-0.39, 0.29) is 0 Å². The zero-order chi connectivity index (χ0) is 14.6. The average molecular weight is 281 g/mol. The van der Waals surface area contributed by atoms with Gasteiger partial charge in [0.1, 0.15) is 0 Å². The smallest absolute Gasteiger partial charge is 0.0421 e. The van der Waals surface area contributed by atoms with Crippen LogP contribution in [0.15, 0.2) is 11.6 Å². The molecule has 0 unspecified atom stereocenters. The first-order chi connectivity index (χ1) is 9.77. The van der Waals surface area contributed by atoms with Crippen molar-refractivity contribution in [3.05, 3.63) is 11.6 Å². The predicted molar refractivity (Wildman–Crippen MR) is 87.1 cm³/mol. The Labute approximate surface area is 126 Å². The topological polar surface area (TPSA) is 23.5 Å². The molecule has 0 aromatic heterocycles. The van der Waals surface area contributed by atoms with Gasteiger partial charge in [-0.2, -0.15) is 5.06 Å². The van der Waals surface area contributed by atoms with Crippen LogP contribution in [0.25, 0.3) is 0 Å². The summed E-state index contributed by atoms with van der Waals surface area (Å²) in [6, 6.07) is 0. The summed E-state index contributed by atoms with van der Waals surface area (Å²) in [5.41, 5.74) is 1.63. The van der Waals surface area contributed by atoms with Gasteiger partial charge in [-0.3, -0.25) is 0 Å². The minimum atomic E-state index is 0.732. The van der Waals surface area contributed by atoms with Gasteiger partial charge in [-0.25, -0.2) is 0 Å². The molecule has 0 saturated carbocycles. The number of hydrogen-bond donors (Lipinski definition) is 1. The van der Waals surface area contributed by atoms with E-state index in [0.29, 0.717) is 0 Å². The van der Waals surface area contributed by atoms with Crippen LogP contribution in [0.4, 0.5) is 0 Å². The Kier molecular flexibility index (Phi) is 10.0. The molecule has 1 aliphatic heterocycles. The normalized spacial score (nSPS) is 16.7. The summed E-state index contributed by atoms with van der Waals surface area (Å²) >= 11 is 0. The van der Waals surface area contributed by atoms with E-state index in [2.05, 4.69) is 19.9 Å². The maximum atomic E-state index is 9.49. The van der Waals surface area contributed by atoms with Crippen LogP contribution >= 0.6 is 0 Å². The molecule has 1 aliphatic rings. The molecule has 2 nitrogen and oxygen atoms in total. The van der Waals surface area contributed by atoms with Gasteiger partial charge in [0.25, 0.3) is 0 Å². The van der Waals surface area contributed by atoms with Crippen LogP contribution in [0.3, 0.4) is 0 Å². The van der Waals surface area contributed by atoms with Crippen LogP contribution in [-0.4, -0.2) is 23.4 Å². The highest BCUT2D eigenvalue weighted by Gasteiger charge is 2.17. The Hall–Kier alpha value is -0.340. The zero-order valence-corrected chi connectivity index (χ0v) is 13.7.